The maximum absolute atomic E-state index is 12.6. The number of anilines is 2. The molecule has 0 bridgehead atoms. The Morgan fingerprint density at radius 3 is 2.29 bits per heavy atom. The minimum absolute atomic E-state index is 0.000909. The predicted octanol–water partition coefficient (Wildman–Crippen LogP) is 4.46. The minimum atomic E-state index is -0.0661. The van der Waals surface area contributed by atoms with E-state index in [1.54, 1.807) is 0 Å². The van der Waals surface area contributed by atoms with Gasteiger partial charge in [0.1, 0.15) is 0 Å². The number of hydrogen-bond donors (Lipinski definition) is 2. The molecule has 6 nitrogen and oxygen atoms in total. The van der Waals surface area contributed by atoms with Gasteiger partial charge in [0.25, 0.3) is 0 Å². The molecule has 6 heteroatoms. The highest BCUT2D eigenvalue weighted by atomic mass is 16.2. The van der Waals surface area contributed by atoms with Crippen LogP contribution >= 0.6 is 0 Å². The predicted molar refractivity (Wildman–Crippen MR) is 118 cm³/mol. The Balaban J connectivity index is 3.09. The maximum atomic E-state index is 12.6. The zero-order valence-corrected chi connectivity index (χ0v) is 18.8. The van der Waals surface area contributed by atoms with Crippen LogP contribution in [0.5, 0.6) is 0 Å². The Morgan fingerprint density at radius 1 is 1.14 bits per heavy atom. The molecule has 0 radical (unpaired) electrons. The van der Waals surface area contributed by atoms with Crippen LogP contribution in [0.1, 0.15) is 59.9 Å². The van der Waals surface area contributed by atoms with Gasteiger partial charge in [-0.05, 0) is 49.4 Å². The van der Waals surface area contributed by atoms with E-state index in [1.807, 2.05) is 76.7 Å². The van der Waals surface area contributed by atoms with Crippen molar-refractivity contribution in [1.29, 1.82) is 0 Å². The van der Waals surface area contributed by atoms with Gasteiger partial charge in [-0.2, -0.15) is 0 Å². The molecular weight excluding hydrogens is 352 g/mol. The topological polar surface area (TPSA) is 64.7 Å². The first kappa shape index (κ1) is 23.8. The van der Waals surface area contributed by atoms with Crippen LogP contribution in [0.15, 0.2) is 18.2 Å². The molecule has 0 aliphatic heterocycles. The lowest BCUT2D eigenvalue weighted by molar-refractivity contribution is -0.117. The zero-order valence-electron chi connectivity index (χ0n) is 18.8. The second-order valence-corrected chi connectivity index (χ2v) is 9.05. The van der Waals surface area contributed by atoms with E-state index < -0.39 is 0 Å². The van der Waals surface area contributed by atoms with Crippen molar-refractivity contribution in [2.24, 2.45) is 5.41 Å². The molecule has 0 aromatic heterocycles. The second kappa shape index (κ2) is 10.3. The van der Waals surface area contributed by atoms with Gasteiger partial charge in [0.2, 0.25) is 5.91 Å². The first-order valence-electron chi connectivity index (χ1n) is 10.1. The fourth-order valence-corrected chi connectivity index (χ4v) is 2.98. The maximum Gasteiger partial charge on any atom is 0.317 e. The SMILES string of the molecule is CCCN(Cc1cc(NC(=O)CC(C)(C)C)ccc1N(C)C)C(=O)NC(C)C. The van der Waals surface area contributed by atoms with E-state index in [1.165, 1.54) is 0 Å². The average Bonchev–Trinajstić information content (AvgIpc) is 2.51. The van der Waals surface area contributed by atoms with Crippen LogP contribution in [0.4, 0.5) is 16.2 Å². The van der Waals surface area contributed by atoms with Crippen LogP contribution in [0.3, 0.4) is 0 Å². The molecule has 0 aliphatic rings. The number of amides is 3. The molecule has 0 saturated carbocycles. The third-order valence-corrected chi connectivity index (χ3v) is 4.09. The fraction of sp³-hybridized carbons (Fsp3) is 0.636. The van der Waals surface area contributed by atoms with E-state index in [4.69, 9.17) is 0 Å². The van der Waals surface area contributed by atoms with Gasteiger partial charge in [0.05, 0.1) is 0 Å². The van der Waals surface area contributed by atoms with E-state index in [9.17, 15) is 9.59 Å². The number of nitrogens with one attached hydrogen (secondary N) is 2. The van der Waals surface area contributed by atoms with Crippen LogP contribution in [0.2, 0.25) is 0 Å². The van der Waals surface area contributed by atoms with Crippen molar-refractivity contribution in [3.63, 3.8) is 0 Å². The molecule has 0 atom stereocenters. The lowest BCUT2D eigenvalue weighted by atomic mass is 9.92. The Bertz CT molecular complexity index is 663. The van der Waals surface area contributed by atoms with Crippen molar-refractivity contribution in [2.75, 3.05) is 30.9 Å². The standard InChI is InChI=1S/C22H38N4O2/c1-9-12-26(21(28)23-16(2)3)15-17-13-18(10-11-19(17)25(7)8)24-20(27)14-22(4,5)6/h10-11,13,16H,9,12,14-15H2,1-8H3,(H,23,28)(H,24,27). The van der Waals surface area contributed by atoms with Crippen LogP contribution in [0, 0.1) is 5.41 Å². The van der Waals surface area contributed by atoms with Crippen molar-refractivity contribution in [3.05, 3.63) is 23.8 Å². The van der Waals surface area contributed by atoms with E-state index in [2.05, 4.69) is 17.6 Å². The molecule has 2 N–H and O–H groups in total. The van der Waals surface area contributed by atoms with Crippen molar-refractivity contribution in [3.8, 4) is 0 Å². The zero-order chi connectivity index (χ0) is 21.5. The second-order valence-electron chi connectivity index (χ2n) is 9.05. The van der Waals surface area contributed by atoms with Crippen molar-refractivity contribution >= 4 is 23.3 Å². The summed E-state index contributed by atoms with van der Waals surface area (Å²) in [4.78, 5) is 28.7. The van der Waals surface area contributed by atoms with Gasteiger partial charge in [0, 0.05) is 51.0 Å². The number of carbonyl (C=O) groups is 2. The molecule has 1 rings (SSSR count). The van der Waals surface area contributed by atoms with Crippen LogP contribution < -0.4 is 15.5 Å². The van der Waals surface area contributed by atoms with E-state index in [0.29, 0.717) is 19.5 Å². The Labute approximate surface area is 170 Å². The summed E-state index contributed by atoms with van der Waals surface area (Å²) in [5, 5.41) is 5.97. The number of urea groups is 1. The van der Waals surface area contributed by atoms with Crippen molar-refractivity contribution < 1.29 is 9.59 Å². The summed E-state index contributed by atoms with van der Waals surface area (Å²) >= 11 is 0. The number of nitrogens with zero attached hydrogens (tertiary/aromatic N) is 2. The summed E-state index contributed by atoms with van der Waals surface area (Å²) < 4.78 is 0. The van der Waals surface area contributed by atoms with E-state index in [-0.39, 0.29) is 23.4 Å². The Hall–Kier alpha value is -2.24. The molecule has 0 aliphatic carbocycles. The number of hydrogen-bond acceptors (Lipinski definition) is 3. The first-order valence-corrected chi connectivity index (χ1v) is 10.1. The third-order valence-electron chi connectivity index (χ3n) is 4.09. The molecule has 28 heavy (non-hydrogen) atoms. The lowest BCUT2D eigenvalue weighted by Gasteiger charge is -2.27. The Kier molecular flexibility index (Phi) is 8.79. The number of carbonyl (C=O) groups excluding carboxylic acids is 2. The highest BCUT2D eigenvalue weighted by Crippen LogP contribution is 2.26. The van der Waals surface area contributed by atoms with E-state index in [0.717, 1.165) is 23.4 Å². The average molecular weight is 391 g/mol. The van der Waals surface area contributed by atoms with Crippen LogP contribution in [0.25, 0.3) is 0 Å². The van der Waals surface area contributed by atoms with Crippen LogP contribution in [-0.2, 0) is 11.3 Å². The monoisotopic (exact) mass is 390 g/mol. The summed E-state index contributed by atoms with van der Waals surface area (Å²) in [7, 11) is 3.96. The quantitative estimate of drug-likeness (QED) is 0.689. The molecule has 0 heterocycles. The highest BCUT2D eigenvalue weighted by molar-refractivity contribution is 5.91. The van der Waals surface area contributed by atoms with Crippen LogP contribution in [-0.4, -0.2) is 43.5 Å². The summed E-state index contributed by atoms with van der Waals surface area (Å²) in [6, 6.07) is 5.90. The van der Waals surface area contributed by atoms with E-state index >= 15 is 0 Å². The van der Waals surface area contributed by atoms with Gasteiger partial charge in [0.15, 0.2) is 0 Å². The molecule has 0 unspecified atom stereocenters. The number of rotatable bonds is 8. The minimum Gasteiger partial charge on any atom is -0.377 e. The smallest absolute Gasteiger partial charge is 0.317 e. The van der Waals surface area contributed by atoms with Gasteiger partial charge in [-0.1, -0.05) is 27.7 Å². The highest BCUT2D eigenvalue weighted by Gasteiger charge is 2.19. The number of benzene rings is 1. The summed E-state index contributed by atoms with van der Waals surface area (Å²) in [5.74, 6) is -0.000909. The first-order chi connectivity index (χ1) is 12.9. The van der Waals surface area contributed by atoms with Gasteiger partial charge in [-0.25, -0.2) is 4.79 Å². The fourth-order valence-electron chi connectivity index (χ4n) is 2.98. The van der Waals surface area contributed by atoms with Gasteiger partial charge in [-0.3, -0.25) is 4.79 Å². The molecule has 158 valence electrons. The molecule has 1 aromatic carbocycles. The van der Waals surface area contributed by atoms with Crippen molar-refractivity contribution in [1.82, 2.24) is 10.2 Å². The normalized spacial score (nSPS) is 11.3. The summed E-state index contributed by atoms with van der Waals surface area (Å²) in [6.07, 6.45) is 1.33. The third kappa shape index (κ3) is 8.19. The molecule has 0 fully saturated rings. The largest absolute Gasteiger partial charge is 0.377 e. The summed E-state index contributed by atoms with van der Waals surface area (Å²) in [5.41, 5.74) is 2.73. The molecule has 1 aromatic rings. The Morgan fingerprint density at radius 2 is 1.79 bits per heavy atom. The molecule has 3 amide bonds. The van der Waals surface area contributed by atoms with Gasteiger partial charge >= 0.3 is 6.03 Å². The van der Waals surface area contributed by atoms with Crippen molar-refractivity contribution in [2.45, 2.75) is 67.0 Å². The van der Waals surface area contributed by atoms with Gasteiger partial charge < -0.3 is 20.4 Å². The lowest BCUT2D eigenvalue weighted by Crippen LogP contribution is -2.43. The summed E-state index contributed by atoms with van der Waals surface area (Å²) in [6.45, 7) is 13.3. The molecular formula is C22H38N4O2. The molecule has 0 saturated heterocycles. The molecule has 0 spiro atoms. The van der Waals surface area contributed by atoms with Gasteiger partial charge in [-0.15, -0.1) is 0 Å².